The highest BCUT2D eigenvalue weighted by Crippen LogP contribution is 2.18. The number of aromatic nitrogens is 1. The summed E-state index contributed by atoms with van der Waals surface area (Å²) in [4.78, 5) is 15.7. The summed E-state index contributed by atoms with van der Waals surface area (Å²) in [6.07, 6.45) is 1.52. The monoisotopic (exact) mass is 325 g/mol. The number of anilines is 1. The minimum atomic E-state index is -0.919. The van der Waals surface area contributed by atoms with Gasteiger partial charge < -0.3 is 10.6 Å². The Morgan fingerprint density at radius 1 is 1.32 bits per heavy atom. The molecule has 1 amide bonds. The predicted octanol–water partition coefficient (Wildman–Crippen LogP) is 3.30. The van der Waals surface area contributed by atoms with Crippen molar-refractivity contribution in [3.63, 3.8) is 0 Å². The summed E-state index contributed by atoms with van der Waals surface area (Å²) in [5.74, 6) is -2.14. The number of nitrogens with one attached hydrogen (secondary N) is 2. The molecule has 0 saturated heterocycles. The lowest BCUT2D eigenvalue weighted by Gasteiger charge is -2.14. The summed E-state index contributed by atoms with van der Waals surface area (Å²) in [5.41, 5.74) is 0.961. The highest BCUT2D eigenvalue weighted by Gasteiger charge is 2.11. The molecular formula is C15H14ClF2N3O. The van der Waals surface area contributed by atoms with Crippen LogP contribution in [0.5, 0.6) is 0 Å². The number of carbonyl (C=O) groups excluding carboxylic acids is 1. The zero-order chi connectivity index (χ0) is 16.1. The predicted molar refractivity (Wildman–Crippen MR) is 80.7 cm³/mol. The van der Waals surface area contributed by atoms with E-state index in [4.69, 9.17) is 11.6 Å². The van der Waals surface area contributed by atoms with Crippen molar-refractivity contribution >= 4 is 23.2 Å². The molecule has 1 atom stereocenters. The number of hydrogen-bond donors (Lipinski definition) is 2. The highest BCUT2D eigenvalue weighted by atomic mass is 35.5. The van der Waals surface area contributed by atoms with E-state index in [-0.39, 0.29) is 23.6 Å². The lowest BCUT2D eigenvalue weighted by atomic mass is 10.1. The zero-order valence-corrected chi connectivity index (χ0v) is 12.5. The van der Waals surface area contributed by atoms with Crippen LogP contribution in [0.2, 0.25) is 5.15 Å². The molecule has 2 aromatic rings. The van der Waals surface area contributed by atoms with Gasteiger partial charge in [-0.2, -0.15) is 0 Å². The van der Waals surface area contributed by atoms with Gasteiger partial charge in [0.1, 0.15) is 0 Å². The molecule has 7 heteroatoms. The molecule has 1 heterocycles. The van der Waals surface area contributed by atoms with Crippen LogP contribution in [0.15, 0.2) is 36.5 Å². The van der Waals surface area contributed by atoms with Gasteiger partial charge in [-0.25, -0.2) is 13.8 Å². The van der Waals surface area contributed by atoms with Crippen LogP contribution in [-0.4, -0.2) is 17.4 Å². The third-order valence-corrected chi connectivity index (χ3v) is 3.35. The van der Waals surface area contributed by atoms with Gasteiger partial charge in [0.25, 0.3) is 0 Å². The van der Waals surface area contributed by atoms with E-state index in [9.17, 15) is 13.6 Å². The molecule has 22 heavy (non-hydrogen) atoms. The summed E-state index contributed by atoms with van der Waals surface area (Å²) >= 11 is 5.84. The number of carbonyl (C=O) groups is 1. The van der Waals surface area contributed by atoms with Crippen LogP contribution in [0.25, 0.3) is 0 Å². The van der Waals surface area contributed by atoms with Crippen molar-refractivity contribution in [2.24, 2.45) is 0 Å². The van der Waals surface area contributed by atoms with Crippen LogP contribution in [0.3, 0.4) is 0 Å². The second-order valence-electron chi connectivity index (χ2n) is 4.67. The number of nitrogens with zero attached hydrogens (tertiary/aromatic N) is 1. The third kappa shape index (κ3) is 4.22. The number of benzene rings is 1. The van der Waals surface area contributed by atoms with Crippen LogP contribution in [0.1, 0.15) is 18.5 Å². The van der Waals surface area contributed by atoms with Crippen molar-refractivity contribution in [1.82, 2.24) is 10.3 Å². The van der Waals surface area contributed by atoms with Gasteiger partial charge in [0, 0.05) is 12.2 Å². The quantitative estimate of drug-likeness (QED) is 0.829. The highest BCUT2D eigenvalue weighted by molar-refractivity contribution is 6.32. The largest absolute Gasteiger partial charge is 0.322 e. The van der Waals surface area contributed by atoms with E-state index in [1.807, 2.05) is 0 Å². The topological polar surface area (TPSA) is 54.0 Å². The van der Waals surface area contributed by atoms with Gasteiger partial charge in [-0.1, -0.05) is 17.7 Å². The first-order valence-electron chi connectivity index (χ1n) is 6.56. The maximum Gasteiger partial charge on any atom is 0.238 e. The molecule has 0 fully saturated rings. The van der Waals surface area contributed by atoms with E-state index in [1.54, 1.807) is 19.1 Å². The Hall–Kier alpha value is -2.05. The SMILES string of the molecule is C[C@H](NCC(=O)Nc1cccnc1Cl)c1ccc(F)c(F)c1. The molecular weight excluding hydrogens is 312 g/mol. The number of amides is 1. The Kier molecular flexibility index (Phi) is 5.41. The molecule has 0 spiro atoms. The molecule has 0 unspecified atom stereocenters. The molecule has 0 aliphatic heterocycles. The van der Waals surface area contributed by atoms with Crippen LogP contribution in [-0.2, 0) is 4.79 Å². The summed E-state index contributed by atoms with van der Waals surface area (Å²) in [5, 5.41) is 5.73. The molecule has 1 aromatic heterocycles. The lowest BCUT2D eigenvalue weighted by Crippen LogP contribution is -2.30. The van der Waals surface area contributed by atoms with Crippen molar-refractivity contribution in [1.29, 1.82) is 0 Å². The first kappa shape index (κ1) is 16.3. The Morgan fingerprint density at radius 2 is 2.09 bits per heavy atom. The van der Waals surface area contributed by atoms with Gasteiger partial charge in [0.05, 0.1) is 12.2 Å². The minimum Gasteiger partial charge on any atom is -0.322 e. The van der Waals surface area contributed by atoms with E-state index in [0.29, 0.717) is 11.3 Å². The first-order valence-corrected chi connectivity index (χ1v) is 6.94. The van der Waals surface area contributed by atoms with Crippen molar-refractivity contribution in [3.05, 3.63) is 58.9 Å². The molecule has 0 aliphatic carbocycles. The van der Waals surface area contributed by atoms with Gasteiger partial charge in [0.15, 0.2) is 16.8 Å². The first-order chi connectivity index (χ1) is 10.5. The fourth-order valence-corrected chi connectivity index (χ4v) is 1.99. The molecule has 0 aliphatic rings. The Morgan fingerprint density at radius 3 is 2.77 bits per heavy atom. The average molecular weight is 326 g/mol. The molecule has 4 nitrogen and oxygen atoms in total. The second-order valence-corrected chi connectivity index (χ2v) is 5.02. The van der Waals surface area contributed by atoms with E-state index >= 15 is 0 Å². The summed E-state index contributed by atoms with van der Waals surface area (Å²) in [6.45, 7) is 1.74. The van der Waals surface area contributed by atoms with Gasteiger partial charge in [0.2, 0.25) is 5.91 Å². The lowest BCUT2D eigenvalue weighted by molar-refractivity contribution is -0.115. The van der Waals surface area contributed by atoms with Gasteiger partial charge in [-0.05, 0) is 36.8 Å². The van der Waals surface area contributed by atoms with Crippen LogP contribution in [0, 0.1) is 11.6 Å². The standard InChI is InChI=1S/C15H14ClF2N3O/c1-9(10-4-5-11(17)12(18)7-10)20-8-14(22)21-13-3-2-6-19-15(13)16/h2-7,9,20H,8H2,1H3,(H,21,22)/t9-/m0/s1. The molecule has 2 rings (SSSR count). The number of pyridine rings is 1. The number of rotatable bonds is 5. The molecule has 0 saturated carbocycles. The molecule has 1 aromatic carbocycles. The van der Waals surface area contributed by atoms with E-state index < -0.39 is 11.6 Å². The van der Waals surface area contributed by atoms with E-state index in [2.05, 4.69) is 15.6 Å². The Balaban J connectivity index is 1.90. The van der Waals surface area contributed by atoms with Crippen LogP contribution in [0.4, 0.5) is 14.5 Å². The van der Waals surface area contributed by atoms with Crippen LogP contribution < -0.4 is 10.6 Å². The molecule has 0 radical (unpaired) electrons. The normalized spacial score (nSPS) is 12.0. The zero-order valence-electron chi connectivity index (χ0n) is 11.7. The number of halogens is 3. The van der Waals surface area contributed by atoms with Crippen molar-refractivity contribution < 1.29 is 13.6 Å². The Labute approximate surface area is 131 Å². The van der Waals surface area contributed by atoms with Crippen LogP contribution >= 0.6 is 11.6 Å². The maximum atomic E-state index is 13.2. The fourth-order valence-electron chi connectivity index (χ4n) is 1.82. The smallest absolute Gasteiger partial charge is 0.238 e. The fraction of sp³-hybridized carbons (Fsp3) is 0.200. The average Bonchev–Trinajstić information content (AvgIpc) is 2.50. The molecule has 0 bridgehead atoms. The van der Waals surface area contributed by atoms with Gasteiger partial charge in [-0.15, -0.1) is 0 Å². The van der Waals surface area contributed by atoms with Crippen molar-refractivity contribution in [2.45, 2.75) is 13.0 Å². The third-order valence-electron chi connectivity index (χ3n) is 3.05. The van der Waals surface area contributed by atoms with Gasteiger partial charge >= 0.3 is 0 Å². The summed E-state index contributed by atoms with van der Waals surface area (Å²) in [7, 11) is 0. The summed E-state index contributed by atoms with van der Waals surface area (Å²) < 4.78 is 26.0. The van der Waals surface area contributed by atoms with E-state index in [0.717, 1.165) is 12.1 Å². The molecule has 116 valence electrons. The minimum absolute atomic E-state index is 0.00855. The number of hydrogen-bond acceptors (Lipinski definition) is 3. The van der Waals surface area contributed by atoms with Crippen molar-refractivity contribution in [3.8, 4) is 0 Å². The van der Waals surface area contributed by atoms with Gasteiger partial charge in [-0.3, -0.25) is 4.79 Å². The Bertz CT molecular complexity index is 682. The van der Waals surface area contributed by atoms with E-state index in [1.165, 1.54) is 12.3 Å². The molecule has 2 N–H and O–H groups in total. The van der Waals surface area contributed by atoms with Crippen molar-refractivity contribution in [2.75, 3.05) is 11.9 Å². The second kappa shape index (κ2) is 7.29. The summed E-state index contributed by atoms with van der Waals surface area (Å²) in [6, 6.07) is 6.59. The maximum absolute atomic E-state index is 13.2.